The van der Waals surface area contributed by atoms with Gasteiger partial charge in [0.2, 0.25) is 0 Å². The molecular formula is C10H19BN2O2. The standard InChI is InChI=1S/C8H9BN2O2.C2H6.2H2/c1-2-5-3-7(10)8(11(12)13)4-6(5)9;1-2;;/h3-4H,2,10H2,1H3;1-2H3;2*1H/i;;1+1D;1+1. The predicted octanol–water partition coefficient (Wildman–Crippen LogP) is 2.05. The Morgan fingerprint density at radius 2 is 2.13 bits per heavy atom. The van der Waals surface area contributed by atoms with Gasteiger partial charge in [0.25, 0.3) is 5.69 Å². The minimum absolute atomic E-state index is 0. The van der Waals surface area contributed by atoms with Crippen molar-refractivity contribution in [2.75, 3.05) is 5.73 Å². The summed E-state index contributed by atoms with van der Waals surface area (Å²) in [6.45, 7) is 5.91. The Labute approximate surface area is 95.6 Å². The molecule has 0 saturated carbocycles. The van der Waals surface area contributed by atoms with Crippen LogP contribution in [0.1, 0.15) is 30.7 Å². The number of nitro groups is 1. The van der Waals surface area contributed by atoms with Gasteiger partial charge >= 0.3 is 0 Å². The van der Waals surface area contributed by atoms with E-state index in [1.807, 2.05) is 20.8 Å². The lowest BCUT2D eigenvalue weighted by molar-refractivity contribution is -0.383. The number of nitrogen functional groups attached to an aromatic ring is 1. The molecule has 15 heavy (non-hydrogen) atoms. The van der Waals surface area contributed by atoms with Gasteiger partial charge in [-0.25, -0.2) is 0 Å². The van der Waals surface area contributed by atoms with Crippen molar-refractivity contribution in [2.45, 2.75) is 27.2 Å². The van der Waals surface area contributed by atoms with Crippen molar-refractivity contribution in [3.05, 3.63) is 27.8 Å². The van der Waals surface area contributed by atoms with Crippen molar-refractivity contribution in [2.24, 2.45) is 0 Å². The quantitative estimate of drug-likeness (QED) is 0.353. The first-order chi connectivity index (χ1) is 8.06. The molecule has 0 aliphatic rings. The summed E-state index contributed by atoms with van der Waals surface area (Å²) in [6.07, 6.45) is 0.716. The average molecular weight is 213 g/mol. The highest BCUT2D eigenvalue weighted by Crippen LogP contribution is 2.20. The fraction of sp³-hybridized carbons (Fsp3) is 0.400. The molecule has 0 saturated heterocycles. The summed E-state index contributed by atoms with van der Waals surface area (Å²) in [6, 6.07) is 2.85. The van der Waals surface area contributed by atoms with Crippen LogP contribution in [-0.2, 0) is 6.42 Å². The zero-order valence-corrected chi connectivity index (χ0v) is 9.28. The summed E-state index contributed by atoms with van der Waals surface area (Å²) >= 11 is 0. The highest BCUT2D eigenvalue weighted by atomic mass is 16.6. The Morgan fingerprint density at radius 1 is 1.60 bits per heavy atom. The largest absolute Gasteiger partial charge is 0.393 e. The smallest absolute Gasteiger partial charge is 0.291 e. The van der Waals surface area contributed by atoms with Gasteiger partial charge in [-0.2, -0.15) is 0 Å². The summed E-state index contributed by atoms with van der Waals surface area (Å²) in [7, 11) is 5.58. The van der Waals surface area contributed by atoms with Gasteiger partial charge in [-0.05, 0) is 12.5 Å². The minimum Gasteiger partial charge on any atom is -0.393 e. The fourth-order valence-electron chi connectivity index (χ4n) is 1.13. The Morgan fingerprint density at radius 3 is 2.53 bits per heavy atom. The molecule has 2 radical (unpaired) electrons. The number of aryl methyl sites for hydroxylation is 1. The van der Waals surface area contributed by atoms with Crippen LogP contribution in [0.4, 0.5) is 11.4 Å². The van der Waals surface area contributed by atoms with Crippen molar-refractivity contribution in [3.8, 4) is 0 Å². The SMILES string of the molecule is CC.[2HH].[2H][2H].[B]c1cc([N+](=O)[O-])c(N)cc1CC. The number of anilines is 1. The predicted molar refractivity (Wildman–Crippen MR) is 67.9 cm³/mol. The molecule has 0 aliphatic carbocycles. The van der Waals surface area contributed by atoms with Gasteiger partial charge in [0.05, 0.1) is 4.92 Å². The second-order valence-corrected chi connectivity index (χ2v) is 2.72. The van der Waals surface area contributed by atoms with Crippen LogP contribution in [-0.4, -0.2) is 12.8 Å². The highest BCUT2D eigenvalue weighted by molar-refractivity contribution is 6.33. The molecule has 5 heteroatoms. The second kappa shape index (κ2) is 6.06. The summed E-state index contributed by atoms with van der Waals surface area (Å²) in [4.78, 5) is 9.91. The van der Waals surface area contributed by atoms with Crippen LogP contribution < -0.4 is 11.2 Å². The maximum absolute atomic E-state index is 10.4. The number of hydrogen-bond acceptors (Lipinski definition) is 3. The van der Waals surface area contributed by atoms with Crippen LogP contribution in [0, 0.1) is 10.1 Å². The van der Waals surface area contributed by atoms with Gasteiger partial charge in [0.1, 0.15) is 13.5 Å². The Kier molecular flexibility index (Phi) is 4.67. The molecule has 0 heterocycles. The van der Waals surface area contributed by atoms with Crippen molar-refractivity contribution >= 4 is 24.7 Å². The monoisotopic (exact) mass is 213 g/mol. The molecule has 4 nitrogen and oxygen atoms in total. The van der Waals surface area contributed by atoms with E-state index in [-0.39, 0.29) is 12.8 Å². The summed E-state index contributed by atoms with van der Waals surface area (Å²) in [5.74, 6) is 0. The zero-order chi connectivity index (χ0) is 14.0. The molecule has 0 unspecified atom stereocenters. The molecule has 0 bridgehead atoms. The Hall–Kier alpha value is -1.52. The third-order valence-electron chi connectivity index (χ3n) is 1.87. The number of hydrogen-bond donors (Lipinski definition) is 1. The topological polar surface area (TPSA) is 69.2 Å². The lowest BCUT2D eigenvalue weighted by atomic mass is 9.88. The van der Waals surface area contributed by atoms with E-state index in [1.165, 1.54) is 6.07 Å². The zero-order valence-electron chi connectivity index (χ0n) is 11.3. The van der Waals surface area contributed by atoms with E-state index in [0.29, 0.717) is 11.9 Å². The lowest BCUT2D eigenvalue weighted by Crippen LogP contribution is -2.12. The van der Waals surface area contributed by atoms with Gasteiger partial charge in [0, 0.05) is 10.5 Å². The maximum Gasteiger partial charge on any atom is 0.291 e. The number of nitrogens with zero attached hydrogens (tertiary/aromatic N) is 1. The molecule has 0 atom stereocenters. The third-order valence-corrected chi connectivity index (χ3v) is 1.87. The number of nitrogens with two attached hydrogens (primary N) is 1. The Bertz CT molecular complexity index is 365. The third kappa shape index (κ3) is 3.27. The van der Waals surface area contributed by atoms with Crippen LogP contribution >= 0.6 is 0 Å². The first-order valence-corrected chi connectivity index (χ1v) is 4.88. The van der Waals surface area contributed by atoms with Crippen LogP contribution in [0.15, 0.2) is 12.1 Å². The van der Waals surface area contributed by atoms with E-state index in [0.717, 1.165) is 5.56 Å². The molecule has 1 aromatic rings. The van der Waals surface area contributed by atoms with E-state index >= 15 is 0 Å². The van der Waals surface area contributed by atoms with Crippen LogP contribution in [0.5, 0.6) is 0 Å². The van der Waals surface area contributed by atoms with Gasteiger partial charge in [-0.15, -0.1) is 0 Å². The van der Waals surface area contributed by atoms with Gasteiger partial charge in [0.15, 0.2) is 0 Å². The number of rotatable bonds is 2. The highest BCUT2D eigenvalue weighted by Gasteiger charge is 2.12. The molecule has 0 aliphatic heterocycles. The van der Waals surface area contributed by atoms with E-state index in [9.17, 15) is 10.1 Å². The Balaban J connectivity index is -0.000000409. The van der Waals surface area contributed by atoms with E-state index in [4.69, 9.17) is 16.5 Å². The first-order valence-electron chi connectivity index (χ1n) is 5.88. The summed E-state index contributed by atoms with van der Waals surface area (Å²) < 4.78 is 10.0. The van der Waals surface area contributed by atoms with Gasteiger partial charge in [-0.3, -0.25) is 10.1 Å². The molecule has 0 aromatic heterocycles. The maximum atomic E-state index is 10.4. The van der Waals surface area contributed by atoms with Crippen LogP contribution in [0.2, 0.25) is 0 Å². The van der Waals surface area contributed by atoms with Crippen LogP contribution in [0.3, 0.4) is 0 Å². The first kappa shape index (κ1) is 11.6. The normalized spacial score (nSPS) is 9.53. The molecule has 2 N–H and O–H groups in total. The molecule has 0 amide bonds. The van der Waals surface area contributed by atoms with Crippen molar-refractivity contribution < 1.29 is 9.32 Å². The van der Waals surface area contributed by atoms with Gasteiger partial charge in [-0.1, -0.05) is 31.8 Å². The summed E-state index contributed by atoms with van der Waals surface area (Å²) in [5, 5.41) is 10.4. The van der Waals surface area contributed by atoms with E-state index < -0.39 is 4.92 Å². The minimum atomic E-state index is -0.537. The van der Waals surface area contributed by atoms with Crippen LogP contribution in [0.25, 0.3) is 0 Å². The van der Waals surface area contributed by atoms with Crippen molar-refractivity contribution in [1.82, 2.24) is 0 Å². The summed E-state index contributed by atoms with van der Waals surface area (Å²) in [5.41, 5.74) is 6.76. The van der Waals surface area contributed by atoms with Gasteiger partial charge < -0.3 is 5.73 Å². The average Bonchev–Trinajstić information content (AvgIpc) is 2.36. The van der Waals surface area contributed by atoms with Crippen molar-refractivity contribution in [3.63, 3.8) is 0 Å². The van der Waals surface area contributed by atoms with Crippen molar-refractivity contribution in [1.29, 1.82) is 0 Å². The lowest BCUT2D eigenvalue weighted by Gasteiger charge is -2.04. The molecule has 0 fully saturated rings. The fourth-order valence-corrected chi connectivity index (χ4v) is 1.13. The number of benzene rings is 1. The van der Waals surface area contributed by atoms with E-state index in [2.05, 4.69) is 0 Å². The second-order valence-electron chi connectivity index (χ2n) is 2.72. The molecule has 0 spiro atoms. The molecular weight excluding hydrogens is 191 g/mol. The molecule has 1 aromatic carbocycles. The molecule has 84 valence electrons. The molecule has 1 rings (SSSR count). The number of nitro benzene ring substituents is 1. The van der Waals surface area contributed by atoms with E-state index in [1.54, 1.807) is 6.07 Å².